The fourth-order valence-electron chi connectivity index (χ4n) is 4.02. The van der Waals surface area contributed by atoms with Gasteiger partial charge in [-0.3, -0.25) is 4.90 Å². The number of hydrogen-bond acceptors (Lipinski definition) is 5. The van der Waals surface area contributed by atoms with Crippen molar-refractivity contribution in [2.75, 3.05) is 33.2 Å². The van der Waals surface area contributed by atoms with Crippen LogP contribution in [0.3, 0.4) is 0 Å². The standard InChI is InChI=1S/C17H29N3OS/c1-13(2)14-10-22-16(18-14)9-20-7-4-6-17(12-20)11-19(3)8-5-15(17)21/h10,13,15,21H,4-9,11-12H2,1-3H3/t15-,17-/m0/s1. The van der Waals surface area contributed by atoms with Crippen LogP contribution < -0.4 is 0 Å². The van der Waals surface area contributed by atoms with Gasteiger partial charge in [0.25, 0.3) is 0 Å². The second-order valence-electron chi connectivity index (χ2n) is 7.54. The lowest BCUT2D eigenvalue weighted by Crippen LogP contribution is -2.58. The fourth-order valence-corrected chi connectivity index (χ4v) is 5.02. The van der Waals surface area contributed by atoms with Gasteiger partial charge >= 0.3 is 0 Å². The first-order chi connectivity index (χ1) is 10.5. The molecule has 124 valence electrons. The predicted octanol–water partition coefficient (Wildman–Crippen LogP) is 2.55. The molecule has 0 aliphatic carbocycles. The van der Waals surface area contributed by atoms with Crippen LogP contribution in [0, 0.1) is 5.41 Å². The van der Waals surface area contributed by atoms with Gasteiger partial charge in [0.1, 0.15) is 5.01 Å². The third-order valence-electron chi connectivity index (χ3n) is 5.28. The first-order valence-corrected chi connectivity index (χ1v) is 9.40. The Hall–Kier alpha value is -0.490. The van der Waals surface area contributed by atoms with Crippen molar-refractivity contribution >= 4 is 11.3 Å². The second-order valence-corrected chi connectivity index (χ2v) is 8.48. The second kappa shape index (κ2) is 6.56. The Morgan fingerprint density at radius 2 is 2.23 bits per heavy atom. The van der Waals surface area contributed by atoms with E-state index in [1.165, 1.54) is 17.1 Å². The zero-order chi connectivity index (χ0) is 15.7. The molecule has 3 heterocycles. The Bertz CT molecular complexity index is 504. The van der Waals surface area contributed by atoms with E-state index in [0.717, 1.165) is 45.6 Å². The molecule has 0 saturated carbocycles. The Morgan fingerprint density at radius 3 is 2.95 bits per heavy atom. The number of aliphatic hydroxyl groups is 1. The summed E-state index contributed by atoms with van der Waals surface area (Å²) in [6.07, 6.45) is 3.12. The molecule has 0 bridgehead atoms. The summed E-state index contributed by atoms with van der Waals surface area (Å²) in [5.74, 6) is 0.506. The molecule has 0 unspecified atom stereocenters. The maximum absolute atomic E-state index is 10.6. The molecule has 0 aromatic carbocycles. The van der Waals surface area contributed by atoms with Crippen LogP contribution in [0.5, 0.6) is 0 Å². The zero-order valence-corrected chi connectivity index (χ0v) is 14.9. The van der Waals surface area contributed by atoms with E-state index in [1.807, 2.05) is 0 Å². The van der Waals surface area contributed by atoms with Crippen LogP contribution in [0.15, 0.2) is 5.38 Å². The maximum Gasteiger partial charge on any atom is 0.107 e. The van der Waals surface area contributed by atoms with Crippen LogP contribution in [0.25, 0.3) is 0 Å². The van der Waals surface area contributed by atoms with Crippen molar-refractivity contribution in [2.24, 2.45) is 5.41 Å². The van der Waals surface area contributed by atoms with Crippen molar-refractivity contribution in [1.29, 1.82) is 0 Å². The molecule has 4 nitrogen and oxygen atoms in total. The number of hydrogen-bond donors (Lipinski definition) is 1. The predicted molar refractivity (Wildman–Crippen MR) is 91.3 cm³/mol. The highest BCUT2D eigenvalue weighted by Gasteiger charge is 2.44. The largest absolute Gasteiger partial charge is 0.392 e. The average Bonchev–Trinajstić information content (AvgIpc) is 2.92. The minimum atomic E-state index is -0.144. The summed E-state index contributed by atoms with van der Waals surface area (Å²) in [7, 11) is 2.18. The monoisotopic (exact) mass is 323 g/mol. The molecule has 2 aliphatic rings. The highest BCUT2D eigenvalue weighted by molar-refractivity contribution is 7.09. The Kier molecular flexibility index (Phi) is 4.88. The summed E-state index contributed by atoms with van der Waals surface area (Å²) >= 11 is 1.78. The normalized spacial score (nSPS) is 31.2. The van der Waals surface area contributed by atoms with Gasteiger partial charge in [0.05, 0.1) is 18.3 Å². The molecule has 2 saturated heterocycles. The summed E-state index contributed by atoms with van der Waals surface area (Å²) < 4.78 is 0. The van der Waals surface area contributed by atoms with E-state index < -0.39 is 0 Å². The van der Waals surface area contributed by atoms with E-state index in [1.54, 1.807) is 11.3 Å². The van der Waals surface area contributed by atoms with Gasteiger partial charge in [-0.05, 0) is 38.8 Å². The summed E-state index contributed by atoms with van der Waals surface area (Å²) in [5, 5.41) is 14.0. The third-order valence-corrected chi connectivity index (χ3v) is 6.14. The van der Waals surface area contributed by atoms with Crippen molar-refractivity contribution in [1.82, 2.24) is 14.8 Å². The summed E-state index contributed by atoms with van der Waals surface area (Å²) in [6.45, 7) is 9.53. The van der Waals surface area contributed by atoms with Crippen LogP contribution in [0.1, 0.15) is 49.7 Å². The molecule has 5 heteroatoms. The first-order valence-electron chi connectivity index (χ1n) is 8.52. The van der Waals surface area contributed by atoms with E-state index in [2.05, 4.69) is 36.1 Å². The number of likely N-dealkylation sites (tertiary alicyclic amines) is 2. The molecule has 22 heavy (non-hydrogen) atoms. The maximum atomic E-state index is 10.6. The molecule has 2 fully saturated rings. The number of thiazole rings is 1. The summed E-state index contributed by atoms with van der Waals surface area (Å²) in [4.78, 5) is 9.67. The number of piperidine rings is 2. The van der Waals surface area contributed by atoms with Crippen molar-refractivity contribution < 1.29 is 5.11 Å². The molecule has 1 aromatic rings. The van der Waals surface area contributed by atoms with E-state index >= 15 is 0 Å². The van der Waals surface area contributed by atoms with E-state index in [0.29, 0.717) is 5.92 Å². The lowest BCUT2D eigenvalue weighted by molar-refractivity contribution is -0.0807. The minimum absolute atomic E-state index is 0.0728. The van der Waals surface area contributed by atoms with Gasteiger partial charge in [-0.15, -0.1) is 11.3 Å². The van der Waals surface area contributed by atoms with Crippen LogP contribution in [-0.4, -0.2) is 59.2 Å². The van der Waals surface area contributed by atoms with Gasteiger partial charge in [-0.1, -0.05) is 13.8 Å². The molecule has 0 radical (unpaired) electrons. The zero-order valence-electron chi connectivity index (χ0n) is 14.1. The van der Waals surface area contributed by atoms with Crippen LogP contribution in [-0.2, 0) is 6.54 Å². The van der Waals surface area contributed by atoms with Gasteiger partial charge in [0.2, 0.25) is 0 Å². The van der Waals surface area contributed by atoms with Crippen molar-refractivity contribution in [2.45, 2.75) is 51.7 Å². The van der Waals surface area contributed by atoms with Crippen molar-refractivity contribution in [3.63, 3.8) is 0 Å². The van der Waals surface area contributed by atoms with Gasteiger partial charge in [-0.25, -0.2) is 4.98 Å². The summed E-state index contributed by atoms with van der Waals surface area (Å²) in [5.41, 5.74) is 1.28. The Labute approximate surface area is 138 Å². The Balaban J connectivity index is 1.67. The lowest BCUT2D eigenvalue weighted by atomic mass is 9.71. The molecule has 3 rings (SSSR count). The number of aromatic nitrogens is 1. The third kappa shape index (κ3) is 3.37. The minimum Gasteiger partial charge on any atom is -0.392 e. The molecule has 1 aromatic heterocycles. The lowest BCUT2D eigenvalue weighted by Gasteiger charge is -2.50. The number of rotatable bonds is 3. The van der Waals surface area contributed by atoms with Crippen molar-refractivity contribution in [3.05, 3.63) is 16.1 Å². The molecule has 1 spiro atoms. The molecule has 2 aliphatic heterocycles. The van der Waals surface area contributed by atoms with Crippen LogP contribution in [0.4, 0.5) is 0 Å². The quantitative estimate of drug-likeness (QED) is 0.928. The van der Waals surface area contributed by atoms with Crippen LogP contribution >= 0.6 is 11.3 Å². The number of aliphatic hydroxyl groups excluding tert-OH is 1. The molecular weight excluding hydrogens is 294 g/mol. The average molecular weight is 324 g/mol. The molecule has 0 amide bonds. The molecule has 1 N–H and O–H groups in total. The highest BCUT2D eigenvalue weighted by atomic mass is 32.1. The van der Waals surface area contributed by atoms with E-state index in [-0.39, 0.29) is 11.5 Å². The van der Waals surface area contributed by atoms with Gasteiger partial charge in [0, 0.05) is 30.4 Å². The SMILES string of the molecule is CC(C)c1csc(CN2CCC[C@]3(CN(C)CC[C@@H]3O)C2)n1. The Morgan fingerprint density at radius 1 is 1.41 bits per heavy atom. The van der Waals surface area contributed by atoms with Gasteiger partial charge in [0.15, 0.2) is 0 Å². The smallest absolute Gasteiger partial charge is 0.107 e. The molecule has 2 atom stereocenters. The van der Waals surface area contributed by atoms with Crippen LogP contribution in [0.2, 0.25) is 0 Å². The highest BCUT2D eigenvalue weighted by Crippen LogP contribution is 2.38. The van der Waals surface area contributed by atoms with Gasteiger partial charge in [-0.2, -0.15) is 0 Å². The number of nitrogens with zero attached hydrogens (tertiary/aromatic N) is 3. The fraction of sp³-hybridized carbons (Fsp3) is 0.824. The first kappa shape index (κ1) is 16.4. The van der Waals surface area contributed by atoms with Crippen molar-refractivity contribution in [3.8, 4) is 0 Å². The summed E-state index contributed by atoms with van der Waals surface area (Å²) in [6, 6.07) is 0. The van der Waals surface area contributed by atoms with Gasteiger partial charge < -0.3 is 10.0 Å². The molecular formula is C17H29N3OS. The topological polar surface area (TPSA) is 39.6 Å². The van der Waals surface area contributed by atoms with E-state index in [4.69, 9.17) is 4.98 Å². The van der Waals surface area contributed by atoms with E-state index in [9.17, 15) is 5.11 Å².